The van der Waals surface area contributed by atoms with Crippen LogP contribution in [0.3, 0.4) is 0 Å². The van der Waals surface area contributed by atoms with Crippen LogP contribution in [0.25, 0.3) is 0 Å². The van der Waals surface area contributed by atoms with Gasteiger partial charge in [-0.25, -0.2) is 9.59 Å². The average molecular weight is 415 g/mol. The summed E-state index contributed by atoms with van der Waals surface area (Å²) in [5, 5.41) is 9.19. The van der Waals surface area contributed by atoms with E-state index in [1.165, 1.54) is 44.2 Å². The SMILES string of the molecule is CC(C)CCC[C@@H](C)[C@H]1CC[C@H]2[C@@H](OC(=O)c3cccc(C(=O)O)c3)CCC[C@]12C. The Labute approximate surface area is 181 Å². The van der Waals surface area contributed by atoms with Gasteiger partial charge in [0.2, 0.25) is 0 Å². The molecule has 0 spiro atoms. The molecule has 2 fully saturated rings. The number of benzene rings is 1. The maximum absolute atomic E-state index is 12.8. The van der Waals surface area contributed by atoms with Crippen LogP contribution in [-0.2, 0) is 4.74 Å². The maximum atomic E-state index is 12.8. The number of carbonyl (C=O) groups excluding carboxylic acids is 1. The van der Waals surface area contributed by atoms with E-state index in [4.69, 9.17) is 4.74 Å². The van der Waals surface area contributed by atoms with E-state index in [-0.39, 0.29) is 23.1 Å². The number of carbonyl (C=O) groups is 2. The first-order valence-electron chi connectivity index (χ1n) is 11.8. The van der Waals surface area contributed by atoms with Gasteiger partial charge in [0.1, 0.15) is 6.10 Å². The Hall–Kier alpha value is -1.84. The predicted molar refractivity (Wildman–Crippen MR) is 119 cm³/mol. The van der Waals surface area contributed by atoms with Crippen molar-refractivity contribution in [2.24, 2.45) is 29.1 Å². The summed E-state index contributed by atoms with van der Waals surface area (Å²) in [6, 6.07) is 6.17. The summed E-state index contributed by atoms with van der Waals surface area (Å²) in [6.45, 7) is 9.44. The molecule has 1 N–H and O–H groups in total. The topological polar surface area (TPSA) is 63.6 Å². The summed E-state index contributed by atoms with van der Waals surface area (Å²) in [6.07, 6.45) is 9.42. The lowest BCUT2D eigenvalue weighted by molar-refractivity contribution is -0.0473. The molecule has 1 aromatic rings. The van der Waals surface area contributed by atoms with Gasteiger partial charge in [0, 0.05) is 5.92 Å². The molecule has 4 nitrogen and oxygen atoms in total. The maximum Gasteiger partial charge on any atom is 0.338 e. The fraction of sp³-hybridized carbons (Fsp3) is 0.692. The van der Waals surface area contributed by atoms with E-state index in [0.29, 0.717) is 23.3 Å². The van der Waals surface area contributed by atoms with E-state index in [1.54, 1.807) is 12.1 Å². The summed E-state index contributed by atoms with van der Waals surface area (Å²) >= 11 is 0. The van der Waals surface area contributed by atoms with Crippen LogP contribution in [0.15, 0.2) is 24.3 Å². The monoisotopic (exact) mass is 414 g/mol. The number of esters is 1. The molecule has 0 radical (unpaired) electrons. The molecule has 0 aromatic heterocycles. The van der Waals surface area contributed by atoms with Crippen molar-refractivity contribution in [3.63, 3.8) is 0 Å². The van der Waals surface area contributed by atoms with Gasteiger partial charge in [-0.3, -0.25) is 0 Å². The zero-order chi connectivity index (χ0) is 21.9. The van der Waals surface area contributed by atoms with Crippen LogP contribution in [0.4, 0.5) is 0 Å². The van der Waals surface area contributed by atoms with Gasteiger partial charge < -0.3 is 9.84 Å². The molecule has 3 rings (SSSR count). The van der Waals surface area contributed by atoms with Crippen molar-refractivity contribution in [1.29, 1.82) is 0 Å². The van der Waals surface area contributed by atoms with Gasteiger partial charge in [0.05, 0.1) is 11.1 Å². The van der Waals surface area contributed by atoms with Crippen molar-refractivity contribution in [2.75, 3.05) is 0 Å². The van der Waals surface area contributed by atoms with Crippen LogP contribution in [0.5, 0.6) is 0 Å². The van der Waals surface area contributed by atoms with E-state index in [2.05, 4.69) is 27.7 Å². The normalized spacial score (nSPS) is 29.4. The van der Waals surface area contributed by atoms with Crippen LogP contribution in [0.2, 0.25) is 0 Å². The van der Waals surface area contributed by atoms with Crippen molar-refractivity contribution < 1.29 is 19.4 Å². The molecular formula is C26H38O4. The highest BCUT2D eigenvalue weighted by Crippen LogP contribution is 2.58. The third-order valence-corrected chi connectivity index (χ3v) is 7.87. The number of fused-ring (bicyclic) bond motifs is 1. The number of ether oxygens (including phenoxy) is 1. The number of hydrogen-bond acceptors (Lipinski definition) is 3. The summed E-state index contributed by atoms with van der Waals surface area (Å²) < 4.78 is 6.00. The third-order valence-electron chi connectivity index (χ3n) is 7.87. The molecule has 4 heteroatoms. The van der Waals surface area contributed by atoms with Gasteiger partial charge in [0.15, 0.2) is 0 Å². The van der Waals surface area contributed by atoms with Crippen molar-refractivity contribution in [1.82, 2.24) is 0 Å². The molecule has 1 aromatic carbocycles. The van der Waals surface area contributed by atoms with E-state index >= 15 is 0 Å². The van der Waals surface area contributed by atoms with Crippen molar-refractivity contribution >= 4 is 11.9 Å². The average Bonchev–Trinajstić information content (AvgIpc) is 3.05. The van der Waals surface area contributed by atoms with E-state index in [9.17, 15) is 14.7 Å². The van der Waals surface area contributed by atoms with Crippen molar-refractivity contribution in [2.45, 2.75) is 85.2 Å². The van der Waals surface area contributed by atoms with Crippen LogP contribution in [-0.4, -0.2) is 23.1 Å². The molecule has 2 aliphatic rings. The first kappa shape index (κ1) is 22.8. The van der Waals surface area contributed by atoms with Gasteiger partial charge in [0.25, 0.3) is 0 Å². The Morgan fingerprint density at radius 1 is 1.13 bits per heavy atom. The fourth-order valence-electron chi connectivity index (χ4n) is 6.27. The molecule has 2 saturated carbocycles. The van der Waals surface area contributed by atoms with Crippen molar-refractivity contribution in [3.8, 4) is 0 Å². The van der Waals surface area contributed by atoms with E-state index < -0.39 is 5.97 Å². The summed E-state index contributed by atoms with van der Waals surface area (Å²) in [5.74, 6) is 1.17. The Morgan fingerprint density at radius 2 is 1.87 bits per heavy atom. The Bertz CT molecular complexity index is 755. The largest absolute Gasteiger partial charge is 0.478 e. The molecule has 30 heavy (non-hydrogen) atoms. The third kappa shape index (κ3) is 4.90. The second-order valence-electron chi connectivity index (χ2n) is 10.3. The minimum atomic E-state index is -1.03. The first-order chi connectivity index (χ1) is 14.2. The molecule has 0 bridgehead atoms. The standard InChI is InChI=1S/C26H38O4/c1-17(2)8-5-9-18(3)21-13-14-22-23(12-7-15-26(21,22)4)30-25(29)20-11-6-10-19(16-20)24(27)28/h6,10-11,16-18,21-23H,5,7-9,12-15H2,1-4H3,(H,27,28)/t18-,21-,22+,23+,26-/m1/s1. The molecule has 5 atom stereocenters. The zero-order valence-electron chi connectivity index (χ0n) is 19.0. The van der Waals surface area contributed by atoms with Crippen LogP contribution < -0.4 is 0 Å². The minimum absolute atomic E-state index is 0.0578. The van der Waals surface area contributed by atoms with Gasteiger partial charge in [-0.15, -0.1) is 0 Å². The molecule has 0 saturated heterocycles. The molecule has 166 valence electrons. The Morgan fingerprint density at radius 3 is 2.57 bits per heavy atom. The van der Waals surface area contributed by atoms with E-state index in [1.807, 2.05) is 0 Å². The van der Waals surface area contributed by atoms with Gasteiger partial charge in [-0.2, -0.15) is 0 Å². The molecule has 0 unspecified atom stereocenters. The number of rotatable bonds is 8. The predicted octanol–water partition coefficient (Wildman–Crippen LogP) is 6.59. The summed E-state index contributed by atoms with van der Waals surface area (Å²) in [5.41, 5.74) is 0.691. The number of aromatic carboxylic acids is 1. The van der Waals surface area contributed by atoms with Gasteiger partial charge in [-0.05, 0) is 73.5 Å². The lowest BCUT2D eigenvalue weighted by Crippen LogP contribution is -2.43. The zero-order valence-corrected chi connectivity index (χ0v) is 19.0. The highest BCUT2D eigenvalue weighted by Gasteiger charge is 2.53. The molecular weight excluding hydrogens is 376 g/mol. The van der Waals surface area contributed by atoms with Gasteiger partial charge >= 0.3 is 11.9 Å². The molecule has 2 aliphatic carbocycles. The van der Waals surface area contributed by atoms with Crippen LogP contribution in [0.1, 0.15) is 99.8 Å². The summed E-state index contributed by atoms with van der Waals surface area (Å²) in [4.78, 5) is 24.0. The quantitative estimate of drug-likeness (QED) is 0.487. The van der Waals surface area contributed by atoms with Crippen LogP contribution >= 0.6 is 0 Å². The van der Waals surface area contributed by atoms with Crippen molar-refractivity contribution in [3.05, 3.63) is 35.4 Å². The lowest BCUT2D eigenvalue weighted by Gasteiger charge is -2.46. The Balaban J connectivity index is 1.66. The molecule has 0 heterocycles. The fourth-order valence-corrected chi connectivity index (χ4v) is 6.27. The van der Waals surface area contributed by atoms with Crippen LogP contribution in [0, 0.1) is 29.1 Å². The second-order valence-corrected chi connectivity index (χ2v) is 10.3. The first-order valence-corrected chi connectivity index (χ1v) is 11.8. The second kappa shape index (κ2) is 9.53. The highest BCUT2D eigenvalue weighted by atomic mass is 16.5. The number of hydrogen-bond donors (Lipinski definition) is 1. The highest BCUT2D eigenvalue weighted by molar-refractivity contribution is 5.94. The number of carboxylic acids is 1. The Kier molecular flexibility index (Phi) is 7.26. The van der Waals surface area contributed by atoms with E-state index in [0.717, 1.165) is 25.2 Å². The molecule has 0 aliphatic heterocycles. The molecule has 0 amide bonds. The smallest absolute Gasteiger partial charge is 0.338 e. The number of carboxylic acid groups (broad SMARTS) is 1. The van der Waals surface area contributed by atoms with Gasteiger partial charge in [-0.1, -0.05) is 53.0 Å². The summed E-state index contributed by atoms with van der Waals surface area (Å²) in [7, 11) is 0. The lowest BCUT2D eigenvalue weighted by atomic mass is 9.61. The minimum Gasteiger partial charge on any atom is -0.478 e.